The third-order valence-electron chi connectivity index (χ3n) is 1.58. The van der Waals surface area contributed by atoms with Gasteiger partial charge in [0.1, 0.15) is 5.15 Å². The molecule has 12 heavy (non-hydrogen) atoms. The summed E-state index contributed by atoms with van der Waals surface area (Å²) in [6.45, 7) is 0. The number of fused-ring (bicyclic) bond motifs is 1. The molecule has 0 unspecified atom stereocenters. The van der Waals surface area contributed by atoms with Crippen molar-refractivity contribution in [3.63, 3.8) is 0 Å². The fourth-order valence-electron chi connectivity index (χ4n) is 1.07. The van der Waals surface area contributed by atoms with Gasteiger partial charge in [0, 0.05) is 25.6 Å². The monoisotopic (exact) mass is 182 g/mol. The van der Waals surface area contributed by atoms with Crippen LogP contribution in [0.25, 0.3) is 5.65 Å². The second-order valence-electron chi connectivity index (χ2n) is 2.32. The fourth-order valence-corrected chi connectivity index (χ4v) is 1.26. The SMILES string of the molecule is CNc1nc(Cl)cn2ccnc12. The van der Waals surface area contributed by atoms with Gasteiger partial charge in [-0.2, -0.15) is 0 Å². The van der Waals surface area contributed by atoms with Gasteiger partial charge in [0.05, 0.1) is 0 Å². The zero-order chi connectivity index (χ0) is 8.55. The van der Waals surface area contributed by atoms with Crippen LogP contribution < -0.4 is 5.32 Å². The average Bonchev–Trinajstić information content (AvgIpc) is 2.50. The maximum atomic E-state index is 5.76. The van der Waals surface area contributed by atoms with Crippen LogP contribution in [0.15, 0.2) is 18.6 Å². The van der Waals surface area contributed by atoms with E-state index in [-0.39, 0.29) is 0 Å². The van der Waals surface area contributed by atoms with Crippen molar-refractivity contribution in [2.24, 2.45) is 0 Å². The molecule has 0 saturated heterocycles. The number of halogens is 1. The van der Waals surface area contributed by atoms with E-state index in [0.29, 0.717) is 11.0 Å². The number of aromatic nitrogens is 3. The molecule has 5 heteroatoms. The Morgan fingerprint density at radius 3 is 3.17 bits per heavy atom. The van der Waals surface area contributed by atoms with E-state index in [1.165, 1.54) is 0 Å². The summed E-state index contributed by atoms with van der Waals surface area (Å²) in [6, 6.07) is 0. The molecule has 0 aliphatic carbocycles. The minimum Gasteiger partial charge on any atom is -0.370 e. The predicted molar refractivity (Wildman–Crippen MR) is 47.5 cm³/mol. The van der Waals surface area contributed by atoms with E-state index in [0.717, 1.165) is 5.65 Å². The van der Waals surface area contributed by atoms with Crippen molar-refractivity contribution in [1.29, 1.82) is 0 Å². The van der Waals surface area contributed by atoms with Gasteiger partial charge in [-0.05, 0) is 0 Å². The molecule has 0 bridgehead atoms. The largest absolute Gasteiger partial charge is 0.370 e. The van der Waals surface area contributed by atoms with Crippen LogP contribution in [0, 0.1) is 0 Å². The maximum Gasteiger partial charge on any atom is 0.180 e. The fraction of sp³-hybridized carbons (Fsp3) is 0.143. The molecular formula is C7H7ClN4. The molecule has 2 aromatic rings. The third-order valence-corrected chi connectivity index (χ3v) is 1.76. The molecule has 0 aromatic carbocycles. The van der Waals surface area contributed by atoms with Crippen LogP contribution in [-0.4, -0.2) is 21.4 Å². The summed E-state index contributed by atoms with van der Waals surface area (Å²) in [5.41, 5.74) is 0.780. The van der Waals surface area contributed by atoms with Gasteiger partial charge in [-0.3, -0.25) is 0 Å². The minimum absolute atomic E-state index is 0.449. The lowest BCUT2D eigenvalue weighted by atomic mass is 10.6. The highest BCUT2D eigenvalue weighted by molar-refractivity contribution is 6.29. The Balaban J connectivity index is 2.80. The second-order valence-corrected chi connectivity index (χ2v) is 2.71. The molecule has 0 saturated carbocycles. The van der Waals surface area contributed by atoms with Crippen LogP contribution in [0.2, 0.25) is 5.15 Å². The van der Waals surface area contributed by atoms with Crippen molar-refractivity contribution in [2.45, 2.75) is 0 Å². The molecule has 0 amide bonds. The molecule has 0 radical (unpaired) electrons. The first-order valence-electron chi connectivity index (χ1n) is 3.48. The van der Waals surface area contributed by atoms with E-state index in [9.17, 15) is 0 Å². The molecule has 0 atom stereocenters. The molecule has 2 heterocycles. The van der Waals surface area contributed by atoms with Crippen LogP contribution in [0.3, 0.4) is 0 Å². The molecule has 2 rings (SSSR count). The van der Waals surface area contributed by atoms with E-state index >= 15 is 0 Å². The van der Waals surface area contributed by atoms with Crippen LogP contribution in [0.4, 0.5) is 5.82 Å². The van der Waals surface area contributed by atoms with Gasteiger partial charge >= 0.3 is 0 Å². The van der Waals surface area contributed by atoms with Gasteiger partial charge in [-0.15, -0.1) is 0 Å². The Morgan fingerprint density at radius 1 is 1.58 bits per heavy atom. The Bertz CT molecular complexity index is 409. The molecule has 0 aliphatic rings. The van der Waals surface area contributed by atoms with E-state index < -0.39 is 0 Å². The maximum absolute atomic E-state index is 5.76. The zero-order valence-electron chi connectivity index (χ0n) is 6.45. The highest BCUT2D eigenvalue weighted by Crippen LogP contribution is 2.14. The Kier molecular flexibility index (Phi) is 1.62. The lowest BCUT2D eigenvalue weighted by molar-refractivity contribution is 1.12. The normalized spacial score (nSPS) is 10.5. The summed E-state index contributed by atoms with van der Waals surface area (Å²) in [6.07, 6.45) is 5.24. The minimum atomic E-state index is 0.449. The Morgan fingerprint density at radius 2 is 2.42 bits per heavy atom. The lowest BCUT2D eigenvalue weighted by Gasteiger charge is -2.01. The van der Waals surface area contributed by atoms with Gasteiger partial charge in [0.15, 0.2) is 11.5 Å². The molecule has 4 nitrogen and oxygen atoms in total. The van der Waals surface area contributed by atoms with E-state index in [2.05, 4.69) is 15.3 Å². The zero-order valence-corrected chi connectivity index (χ0v) is 7.21. The first-order chi connectivity index (χ1) is 5.81. The summed E-state index contributed by atoms with van der Waals surface area (Å²) in [5, 5.41) is 3.37. The molecule has 1 N–H and O–H groups in total. The van der Waals surface area contributed by atoms with E-state index in [4.69, 9.17) is 11.6 Å². The van der Waals surface area contributed by atoms with Crippen molar-refractivity contribution >= 4 is 23.1 Å². The number of hydrogen-bond donors (Lipinski definition) is 1. The van der Waals surface area contributed by atoms with Gasteiger partial charge in [-0.25, -0.2) is 9.97 Å². The van der Waals surface area contributed by atoms with Gasteiger partial charge in [0.2, 0.25) is 0 Å². The summed E-state index contributed by atoms with van der Waals surface area (Å²) in [4.78, 5) is 8.17. The molecular weight excluding hydrogens is 176 g/mol. The van der Waals surface area contributed by atoms with Crippen LogP contribution in [0.5, 0.6) is 0 Å². The topological polar surface area (TPSA) is 42.2 Å². The van der Waals surface area contributed by atoms with Crippen molar-refractivity contribution < 1.29 is 0 Å². The standard InChI is InChI=1S/C7H7ClN4/c1-9-6-7-10-2-3-12(7)4-5(8)11-6/h2-4H,1H3,(H,9,11). The van der Waals surface area contributed by atoms with E-state index in [1.54, 1.807) is 19.4 Å². The summed E-state index contributed by atoms with van der Waals surface area (Å²) in [7, 11) is 1.79. The van der Waals surface area contributed by atoms with Gasteiger partial charge in [0.25, 0.3) is 0 Å². The highest BCUT2D eigenvalue weighted by Gasteiger charge is 2.03. The summed E-state index contributed by atoms with van der Waals surface area (Å²) >= 11 is 5.76. The number of nitrogens with one attached hydrogen (secondary N) is 1. The average molecular weight is 183 g/mol. The number of imidazole rings is 1. The van der Waals surface area contributed by atoms with Crippen LogP contribution in [-0.2, 0) is 0 Å². The third kappa shape index (κ3) is 1.00. The Hall–Kier alpha value is -1.29. The van der Waals surface area contributed by atoms with Crippen molar-refractivity contribution in [1.82, 2.24) is 14.4 Å². The first-order valence-corrected chi connectivity index (χ1v) is 3.86. The first kappa shape index (κ1) is 7.36. The van der Waals surface area contributed by atoms with Crippen LogP contribution in [0.1, 0.15) is 0 Å². The molecule has 2 aromatic heterocycles. The molecule has 62 valence electrons. The smallest absolute Gasteiger partial charge is 0.180 e. The summed E-state index contributed by atoms with van der Waals surface area (Å²) in [5.74, 6) is 0.688. The lowest BCUT2D eigenvalue weighted by Crippen LogP contribution is -1.97. The summed E-state index contributed by atoms with van der Waals surface area (Å²) < 4.78 is 1.82. The number of anilines is 1. The quantitative estimate of drug-likeness (QED) is 0.726. The van der Waals surface area contributed by atoms with Crippen molar-refractivity contribution in [3.8, 4) is 0 Å². The van der Waals surface area contributed by atoms with Crippen molar-refractivity contribution in [3.05, 3.63) is 23.7 Å². The number of hydrogen-bond acceptors (Lipinski definition) is 3. The van der Waals surface area contributed by atoms with E-state index in [1.807, 2.05) is 10.6 Å². The van der Waals surface area contributed by atoms with Crippen molar-refractivity contribution in [2.75, 3.05) is 12.4 Å². The highest BCUT2D eigenvalue weighted by atomic mass is 35.5. The van der Waals surface area contributed by atoms with Crippen LogP contribution >= 0.6 is 11.6 Å². The second kappa shape index (κ2) is 2.64. The van der Waals surface area contributed by atoms with Gasteiger partial charge < -0.3 is 9.72 Å². The van der Waals surface area contributed by atoms with Gasteiger partial charge in [-0.1, -0.05) is 11.6 Å². The molecule has 0 spiro atoms. The Labute approximate surface area is 74.2 Å². The number of nitrogens with zero attached hydrogens (tertiary/aromatic N) is 3. The number of rotatable bonds is 1. The molecule has 0 aliphatic heterocycles. The predicted octanol–water partition coefficient (Wildman–Crippen LogP) is 1.42. The molecule has 0 fully saturated rings.